The molecule has 0 fully saturated rings. The number of hydrogen-bond acceptors (Lipinski definition) is 4. The van der Waals surface area contributed by atoms with E-state index in [9.17, 15) is 13.2 Å². The molecule has 28 heavy (non-hydrogen) atoms. The second kappa shape index (κ2) is 7.82. The van der Waals surface area contributed by atoms with E-state index in [0.717, 1.165) is 5.56 Å². The predicted molar refractivity (Wildman–Crippen MR) is 106 cm³/mol. The molecule has 0 radical (unpaired) electrons. The number of sulfone groups is 1. The first-order valence-corrected chi connectivity index (χ1v) is 10.1. The highest BCUT2D eigenvalue weighted by atomic mass is 32.2. The van der Waals surface area contributed by atoms with E-state index in [4.69, 9.17) is 5.11 Å². The molecule has 7 heteroatoms. The van der Waals surface area contributed by atoms with Crippen molar-refractivity contribution < 1.29 is 22.7 Å². The zero-order valence-corrected chi connectivity index (χ0v) is 15.9. The monoisotopic (exact) mass is 399 g/mol. The fourth-order valence-corrected chi connectivity index (χ4v) is 3.92. The molecule has 5 nitrogen and oxygen atoms in total. The van der Waals surface area contributed by atoms with Crippen molar-refractivity contribution in [3.05, 3.63) is 78.6 Å². The molecule has 3 aromatic rings. The second-order valence-electron chi connectivity index (χ2n) is 6.21. The SMILES string of the molecule is CN(c1ccc(S(=O)(=O)CC(=O)O)cc1)c1cccc(-c2ccccc2)c1F. The first kappa shape index (κ1) is 19.6. The Bertz CT molecular complexity index is 1100. The summed E-state index contributed by atoms with van der Waals surface area (Å²) in [6, 6.07) is 19.9. The lowest BCUT2D eigenvalue weighted by atomic mass is 10.0. The second-order valence-corrected chi connectivity index (χ2v) is 8.20. The van der Waals surface area contributed by atoms with E-state index in [1.165, 1.54) is 24.3 Å². The minimum absolute atomic E-state index is 0.0921. The van der Waals surface area contributed by atoms with Crippen LogP contribution in [0.15, 0.2) is 77.7 Å². The third-order valence-electron chi connectivity index (χ3n) is 4.32. The van der Waals surface area contributed by atoms with Crippen molar-refractivity contribution in [2.75, 3.05) is 17.7 Å². The number of carboxylic acid groups (broad SMARTS) is 1. The van der Waals surface area contributed by atoms with E-state index in [2.05, 4.69) is 0 Å². The van der Waals surface area contributed by atoms with Crippen LogP contribution in [-0.4, -0.2) is 32.3 Å². The molecule has 0 bridgehead atoms. The minimum Gasteiger partial charge on any atom is -0.480 e. The van der Waals surface area contributed by atoms with Gasteiger partial charge in [0, 0.05) is 18.3 Å². The van der Waals surface area contributed by atoms with E-state index in [0.29, 0.717) is 16.9 Å². The lowest BCUT2D eigenvalue weighted by Crippen LogP contribution is -2.16. The van der Waals surface area contributed by atoms with Crippen LogP contribution in [0.2, 0.25) is 0 Å². The molecule has 144 valence electrons. The Morgan fingerprint density at radius 3 is 2.21 bits per heavy atom. The molecule has 0 aliphatic rings. The van der Waals surface area contributed by atoms with Crippen molar-refractivity contribution in [2.45, 2.75) is 4.90 Å². The molecule has 3 aromatic carbocycles. The van der Waals surface area contributed by atoms with Gasteiger partial charge in [-0.3, -0.25) is 4.79 Å². The number of carbonyl (C=O) groups is 1. The summed E-state index contributed by atoms with van der Waals surface area (Å²) in [4.78, 5) is 12.2. The number of aliphatic carboxylic acids is 1. The first-order chi connectivity index (χ1) is 13.3. The zero-order chi connectivity index (χ0) is 20.3. The highest BCUT2D eigenvalue weighted by molar-refractivity contribution is 7.92. The number of carboxylic acids is 1. The fraction of sp³-hybridized carbons (Fsp3) is 0.0952. The van der Waals surface area contributed by atoms with Gasteiger partial charge in [-0.25, -0.2) is 12.8 Å². The van der Waals surface area contributed by atoms with E-state index in [1.807, 2.05) is 30.3 Å². The van der Waals surface area contributed by atoms with Crippen LogP contribution >= 0.6 is 0 Å². The molecule has 0 unspecified atom stereocenters. The molecule has 0 saturated carbocycles. The van der Waals surface area contributed by atoms with Crippen LogP contribution in [0, 0.1) is 5.82 Å². The van der Waals surface area contributed by atoms with Gasteiger partial charge >= 0.3 is 5.97 Å². The third-order valence-corrected chi connectivity index (χ3v) is 5.94. The van der Waals surface area contributed by atoms with Crippen LogP contribution in [0.5, 0.6) is 0 Å². The third kappa shape index (κ3) is 4.04. The van der Waals surface area contributed by atoms with Gasteiger partial charge in [-0.1, -0.05) is 42.5 Å². The maximum absolute atomic E-state index is 15.1. The van der Waals surface area contributed by atoms with E-state index >= 15 is 4.39 Å². The molecule has 0 aliphatic heterocycles. The van der Waals surface area contributed by atoms with Crippen molar-refractivity contribution in [2.24, 2.45) is 0 Å². The Morgan fingerprint density at radius 1 is 0.964 bits per heavy atom. The quantitative estimate of drug-likeness (QED) is 0.675. The Kier molecular flexibility index (Phi) is 5.46. The van der Waals surface area contributed by atoms with Crippen molar-refractivity contribution >= 4 is 27.2 Å². The number of rotatable bonds is 6. The number of benzene rings is 3. The van der Waals surface area contributed by atoms with Crippen LogP contribution in [0.4, 0.5) is 15.8 Å². The van der Waals surface area contributed by atoms with Crippen molar-refractivity contribution in [1.29, 1.82) is 0 Å². The Labute approximate surface area is 162 Å². The summed E-state index contributed by atoms with van der Waals surface area (Å²) in [5, 5.41) is 8.72. The predicted octanol–water partition coefficient (Wildman–Crippen LogP) is 4.12. The Hall–Kier alpha value is -3.19. The average molecular weight is 399 g/mol. The molecular weight excluding hydrogens is 381 g/mol. The smallest absolute Gasteiger partial charge is 0.319 e. The normalized spacial score (nSPS) is 11.2. The molecule has 0 amide bonds. The molecule has 1 N–H and O–H groups in total. The van der Waals surface area contributed by atoms with Crippen LogP contribution in [0.1, 0.15) is 0 Å². The van der Waals surface area contributed by atoms with Gasteiger partial charge in [0.1, 0.15) is 0 Å². The summed E-state index contributed by atoms with van der Waals surface area (Å²) >= 11 is 0. The zero-order valence-electron chi connectivity index (χ0n) is 15.0. The lowest BCUT2D eigenvalue weighted by Gasteiger charge is -2.21. The van der Waals surface area contributed by atoms with Gasteiger partial charge in [-0.15, -0.1) is 0 Å². The number of anilines is 2. The maximum Gasteiger partial charge on any atom is 0.319 e. The number of hydrogen-bond donors (Lipinski definition) is 1. The molecular formula is C21H18FNO4S. The largest absolute Gasteiger partial charge is 0.480 e. The van der Waals surface area contributed by atoms with Gasteiger partial charge in [-0.2, -0.15) is 0 Å². The van der Waals surface area contributed by atoms with Crippen LogP contribution in [-0.2, 0) is 14.6 Å². The summed E-state index contributed by atoms with van der Waals surface area (Å²) in [5.41, 5.74) is 2.12. The van der Waals surface area contributed by atoms with E-state index in [1.54, 1.807) is 30.1 Å². The topological polar surface area (TPSA) is 74.7 Å². The maximum atomic E-state index is 15.1. The van der Waals surface area contributed by atoms with Crippen molar-refractivity contribution in [3.8, 4) is 11.1 Å². The molecule has 0 heterocycles. The van der Waals surface area contributed by atoms with Gasteiger partial charge in [0.25, 0.3) is 0 Å². The molecule has 0 spiro atoms. The van der Waals surface area contributed by atoms with Crippen LogP contribution in [0.25, 0.3) is 11.1 Å². The van der Waals surface area contributed by atoms with Gasteiger partial charge in [0.2, 0.25) is 0 Å². The Balaban J connectivity index is 1.93. The fourth-order valence-electron chi connectivity index (χ4n) is 2.88. The standard InChI is InChI=1S/C21H18FNO4S/c1-23(16-10-12-17(13-11-16)28(26,27)14-20(24)25)19-9-5-8-18(21(19)22)15-6-3-2-4-7-15/h2-13H,14H2,1H3,(H,24,25). The van der Waals surface area contributed by atoms with Crippen molar-refractivity contribution in [1.82, 2.24) is 0 Å². The molecule has 0 atom stereocenters. The highest BCUT2D eigenvalue weighted by Gasteiger charge is 2.19. The lowest BCUT2D eigenvalue weighted by molar-refractivity contribution is -0.134. The summed E-state index contributed by atoms with van der Waals surface area (Å²) in [6.45, 7) is 0. The number of nitrogens with zero attached hydrogens (tertiary/aromatic N) is 1. The first-order valence-electron chi connectivity index (χ1n) is 8.42. The summed E-state index contributed by atoms with van der Waals surface area (Å²) in [7, 11) is -2.24. The van der Waals surface area contributed by atoms with Gasteiger partial charge < -0.3 is 10.0 Å². The molecule has 0 aliphatic carbocycles. The van der Waals surface area contributed by atoms with Crippen molar-refractivity contribution in [3.63, 3.8) is 0 Å². The average Bonchev–Trinajstić information content (AvgIpc) is 2.67. The summed E-state index contributed by atoms with van der Waals surface area (Å²) in [6.07, 6.45) is 0. The van der Waals surface area contributed by atoms with Crippen LogP contribution in [0.3, 0.4) is 0 Å². The van der Waals surface area contributed by atoms with Gasteiger partial charge in [-0.05, 0) is 35.9 Å². The van der Waals surface area contributed by atoms with E-state index < -0.39 is 27.4 Å². The Morgan fingerprint density at radius 2 is 1.61 bits per heavy atom. The summed E-state index contributed by atoms with van der Waals surface area (Å²) in [5.74, 6) is -2.78. The molecule has 0 saturated heterocycles. The molecule has 0 aromatic heterocycles. The van der Waals surface area contributed by atoms with E-state index in [-0.39, 0.29) is 4.90 Å². The minimum atomic E-state index is -3.91. The number of halogens is 1. The van der Waals surface area contributed by atoms with Gasteiger partial charge in [0.05, 0.1) is 10.6 Å². The summed E-state index contributed by atoms with van der Waals surface area (Å²) < 4.78 is 39.1. The van der Waals surface area contributed by atoms with Crippen LogP contribution < -0.4 is 4.90 Å². The van der Waals surface area contributed by atoms with Gasteiger partial charge in [0.15, 0.2) is 21.4 Å². The molecule has 3 rings (SSSR count). The highest BCUT2D eigenvalue weighted by Crippen LogP contribution is 2.33.